The number of rotatable bonds is 5. The molecule has 1 saturated heterocycles. The van der Waals surface area contributed by atoms with E-state index in [9.17, 15) is 9.90 Å². The number of benzene rings is 2. The van der Waals surface area contributed by atoms with Crippen molar-refractivity contribution in [1.29, 1.82) is 0 Å². The summed E-state index contributed by atoms with van der Waals surface area (Å²) in [6.45, 7) is 2.89. The first-order valence-electron chi connectivity index (χ1n) is 10.6. The predicted octanol–water partition coefficient (Wildman–Crippen LogP) is 3.13. The summed E-state index contributed by atoms with van der Waals surface area (Å²) in [6, 6.07) is 13.2. The lowest BCUT2D eigenvalue weighted by Gasteiger charge is -2.35. The second-order valence-corrected chi connectivity index (χ2v) is 9.04. The smallest absolute Gasteiger partial charge is 0.337 e. The van der Waals surface area contributed by atoms with Crippen molar-refractivity contribution in [3.05, 3.63) is 53.6 Å². The standard InChI is InChI=1S/C23H25N3O4S/c1-29-23(28)15-3-5-18(6-4-15)30-22-10-17-13-26(12-16(17)9-21(22)27)11-14-2-7-19-20(8-14)25-31-24-19/h2-8,16-17,21-22,27H,9-13H2,1H3/t16-,17+,21+,22+/m0/s1. The van der Waals surface area contributed by atoms with Gasteiger partial charge in [0.05, 0.1) is 30.5 Å². The Morgan fingerprint density at radius 2 is 1.84 bits per heavy atom. The van der Waals surface area contributed by atoms with Crippen LogP contribution < -0.4 is 4.74 Å². The van der Waals surface area contributed by atoms with E-state index in [1.165, 1.54) is 24.4 Å². The molecule has 2 aliphatic rings. The predicted molar refractivity (Wildman–Crippen MR) is 117 cm³/mol. The third-order valence-electron chi connectivity index (χ3n) is 6.45. The molecular formula is C23H25N3O4S. The molecule has 1 aliphatic heterocycles. The molecule has 0 bridgehead atoms. The molecule has 8 heteroatoms. The van der Waals surface area contributed by atoms with Gasteiger partial charge in [-0.15, -0.1) is 0 Å². The number of nitrogens with zero attached hydrogens (tertiary/aromatic N) is 3. The molecule has 1 saturated carbocycles. The van der Waals surface area contributed by atoms with E-state index in [1.54, 1.807) is 24.3 Å². The van der Waals surface area contributed by atoms with Crippen molar-refractivity contribution in [3.8, 4) is 5.75 Å². The lowest BCUT2D eigenvalue weighted by Crippen LogP contribution is -2.42. The normalized spacial score (nSPS) is 26.0. The number of esters is 1. The average molecular weight is 440 g/mol. The van der Waals surface area contributed by atoms with E-state index < -0.39 is 6.10 Å². The number of aliphatic hydroxyl groups excluding tert-OH is 1. The molecule has 31 heavy (non-hydrogen) atoms. The van der Waals surface area contributed by atoms with E-state index in [-0.39, 0.29) is 12.1 Å². The topological polar surface area (TPSA) is 84.8 Å². The number of fused-ring (bicyclic) bond motifs is 2. The summed E-state index contributed by atoms with van der Waals surface area (Å²) >= 11 is 1.25. The van der Waals surface area contributed by atoms with E-state index in [4.69, 9.17) is 9.47 Å². The minimum Gasteiger partial charge on any atom is -0.488 e. The number of methoxy groups -OCH3 is 1. The summed E-state index contributed by atoms with van der Waals surface area (Å²) in [5.41, 5.74) is 3.64. The highest BCUT2D eigenvalue weighted by atomic mass is 32.1. The van der Waals surface area contributed by atoms with Crippen LogP contribution in [-0.2, 0) is 11.3 Å². The van der Waals surface area contributed by atoms with Crippen molar-refractivity contribution in [2.45, 2.75) is 31.6 Å². The summed E-state index contributed by atoms with van der Waals surface area (Å²) < 4.78 is 19.4. The van der Waals surface area contributed by atoms with Crippen molar-refractivity contribution in [2.24, 2.45) is 11.8 Å². The van der Waals surface area contributed by atoms with Crippen LogP contribution in [0.25, 0.3) is 11.0 Å². The van der Waals surface area contributed by atoms with Gasteiger partial charge in [0.15, 0.2) is 0 Å². The van der Waals surface area contributed by atoms with E-state index in [1.807, 2.05) is 6.07 Å². The number of aliphatic hydroxyl groups is 1. The number of ether oxygens (including phenoxy) is 2. The van der Waals surface area contributed by atoms with Gasteiger partial charge in [-0.2, -0.15) is 8.75 Å². The Balaban J connectivity index is 1.20. The van der Waals surface area contributed by atoms with Gasteiger partial charge in [0.25, 0.3) is 0 Å². The molecule has 0 radical (unpaired) electrons. The molecule has 5 rings (SSSR count). The molecule has 2 fully saturated rings. The quantitative estimate of drug-likeness (QED) is 0.612. The first kappa shape index (κ1) is 20.4. The molecule has 2 heterocycles. The Hall–Kier alpha value is -2.55. The molecule has 0 unspecified atom stereocenters. The first-order valence-corrected chi connectivity index (χ1v) is 11.3. The number of hydrogen-bond donors (Lipinski definition) is 1. The van der Waals surface area contributed by atoms with Crippen LogP contribution in [0, 0.1) is 11.8 Å². The van der Waals surface area contributed by atoms with Gasteiger partial charge in [0, 0.05) is 19.6 Å². The molecule has 0 spiro atoms. The van der Waals surface area contributed by atoms with Gasteiger partial charge in [-0.05, 0) is 66.6 Å². The van der Waals surface area contributed by atoms with Crippen LogP contribution in [0.5, 0.6) is 5.75 Å². The zero-order chi connectivity index (χ0) is 21.4. The van der Waals surface area contributed by atoms with E-state index in [0.29, 0.717) is 23.1 Å². The van der Waals surface area contributed by atoms with Crippen LogP contribution in [0.1, 0.15) is 28.8 Å². The minimum absolute atomic E-state index is 0.234. The third-order valence-corrected chi connectivity index (χ3v) is 7.00. The van der Waals surface area contributed by atoms with Crippen LogP contribution in [-0.4, -0.2) is 57.1 Å². The number of carbonyl (C=O) groups excluding carboxylic acids is 1. The molecule has 4 atom stereocenters. The molecule has 1 aliphatic carbocycles. The van der Waals surface area contributed by atoms with Crippen LogP contribution >= 0.6 is 11.7 Å². The van der Waals surface area contributed by atoms with Gasteiger partial charge in [-0.25, -0.2) is 4.79 Å². The van der Waals surface area contributed by atoms with Crippen molar-refractivity contribution in [1.82, 2.24) is 13.6 Å². The fourth-order valence-electron chi connectivity index (χ4n) is 4.89. The monoisotopic (exact) mass is 439 g/mol. The largest absolute Gasteiger partial charge is 0.488 e. The Kier molecular flexibility index (Phi) is 5.60. The Labute approximate surface area is 184 Å². The maximum absolute atomic E-state index is 11.6. The minimum atomic E-state index is -0.487. The van der Waals surface area contributed by atoms with E-state index in [0.717, 1.165) is 43.5 Å². The number of likely N-dealkylation sites (tertiary alicyclic amines) is 1. The molecule has 1 aromatic heterocycles. The van der Waals surface area contributed by atoms with Gasteiger partial charge in [-0.1, -0.05) is 6.07 Å². The lowest BCUT2D eigenvalue weighted by molar-refractivity contribution is -0.0231. The zero-order valence-electron chi connectivity index (χ0n) is 17.3. The van der Waals surface area contributed by atoms with Crippen LogP contribution in [0.3, 0.4) is 0 Å². The molecule has 2 aromatic carbocycles. The molecular weight excluding hydrogens is 414 g/mol. The second kappa shape index (κ2) is 8.53. The van der Waals surface area contributed by atoms with Crippen LogP contribution in [0.15, 0.2) is 42.5 Å². The highest BCUT2D eigenvalue weighted by Crippen LogP contribution is 2.38. The summed E-state index contributed by atoms with van der Waals surface area (Å²) in [5, 5.41) is 10.7. The van der Waals surface area contributed by atoms with Crippen molar-refractivity contribution >= 4 is 28.7 Å². The number of aromatic nitrogens is 2. The van der Waals surface area contributed by atoms with E-state index >= 15 is 0 Å². The summed E-state index contributed by atoms with van der Waals surface area (Å²) in [4.78, 5) is 14.1. The zero-order valence-corrected chi connectivity index (χ0v) is 18.1. The molecule has 0 amide bonds. The molecule has 1 N–H and O–H groups in total. The summed E-state index contributed by atoms with van der Waals surface area (Å²) in [5.74, 6) is 1.28. The third kappa shape index (κ3) is 4.28. The van der Waals surface area contributed by atoms with Crippen LogP contribution in [0.2, 0.25) is 0 Å². The Morgan fingerprint density at radius 1 is 1.10 bits per heavy atom. The number of hydrogen-bond acceptors (Lipinski definition) is 8. The van der Waals surface area contributed by atoms with Crippen molar-refractivity contribution in [3.63, 3.8) is 0 Å². The van der Waals surface area contributed by atoms with Crippen molar-refractivity contribution < 1.29 is 19.4 Å². The molecule has 7 nitrogen and oxygen atoms in total. The maximum Gasteiger partial charge on any atom is 0.337 e. The van der Waals surface area contributed by atoms with Gasteiger partial charge >= 0.3 is 5.97 Å². The van der Waals surface area contributed by atoms with Gasteiger partial charge in [0.1, 0.15) is 22.9 Å². The second-order valence-electron chi connectivity index (χ2n) is 8.51. The summed E-state index contributed by atoms with van der Waals surface area (Å²) in [7, 11) is 1.36. The Bertz CT molecular complexity index is 1070. The molecule has 3 aromatic rings. The fraction of sp³-hybridized carbons (Fsp3) is 0.435. The van der Waals surface area contributed by atoms with Crippen LogP contribution in [0.4, 0.5) is 0 Å². The molecule has 162 valence electrons. The highest BCUT2D eigenvalue weighted by Gasteiger charge is 2.42. The van der Waals surface area contributed by atoms with Gasteiger partial charge in [-0.3, -0.25) is 4.90 Å². The average Bonchev–Trinajstić information content (AvgIpc) is 3.39. The Morgan fingerprint density at radius 3 is 2.61 bits per heavy atom. The van der Waals surface area contributed by atoms with E-state index in [2.05, 4.69) is 25.8 Å². The fourth-order valence-corrected chi connectivity index (χ4v) is 5.41. The van der Waals surface area contributed by atoms with Crippen molar-refractivity contribution in [2.75, 3.05) is 20.2 Å². The lowest BCUT2D eigenvalue weighted by atomic mass is 9.78. The highest BCUT2D eigenvalue weighted by molar-refractivity contribution is 7.00. The number of carbonyl (C=O) groups is 1. The van der Waals surface area contributed by atoms with Gasteiger partial charge in [0.2, 0.25) is 0 Å². The maximum atomic E-state index is 11.6. The SMILES string of the molecule is COC(=O)c1ccc(O[C@@H]2C[C@@H]3CN(Cc4ccc5nsnc5c4)C[C@@H]3C[C@H]2O)cc1. The first-order chi connectivity index (χ1) is 15.1. The summed E-state index contributed by atoms with van der Waals surface area (Å²) in [6.07, 6.45) is 0.860. The van der Waals surface area contributed by atoms with Gasteiger partial charge < -0.3 is 14.6 Å².